The minimum Gasteiger partial charge on any atom is -0.481 e. The van der Waals surface area contributed by atoms with Crippen LogP contribution in [0.1, 0.15) is 72.3 Å². The lowest BCUT2D eigenvalue weighted by Gasteiger charge is -2.26. The second-order valence-corrected chi connectivity index (χ2v) is 10.2. The summed E-state index contributed by atoms with van der Waals surface area (Å²) in [7, 11) is 0. The van der Waals surface area contributed by atoms with E-state index in [1.165, 1.54) is 11.1 Å². The molecule has 7 heteroatoms. The number of likely N-dealkylation sites (tertiary alicyclic amines) is 1. The Morgan fingerprint density at radius 2 is 1.69 bits per heavy atom. The molecule has 4 N–H and O–H groups in total. The maximum atomic E-state index is 13.0. The Bertz CT molecular complexity index is 1030. The van der Waals surface area contributed by atoms with Crippen LogP contribution in [0.5, 0.6) is 0 Å². The number of hydrogen-bond donors (Lipinski definition) is 3. The van der Waals surface area contributed by atoms with Crippen molar-refractivity contribution in [3.63, 3.8) is 0 Å². The van der Waals surface area contributed by atoms with Crippen molar-refractivity contribution in [2.24, 2.45) is 11.7 Å². The average Bonchev–Trinajstić information content (AvgIpc) is 3.17. The van der Waals surface area contributed by atoms with E-state index in [1.54, 1.807) is 4.90 Å². The molecule has 2 aromatic rings. The largest absolute Gasteiger partial charge is 0.481 e. The molecule has 2 amide bonds. The number of carbonyl (C=O) groups excluding carboxylic acids is 2. The highest BCUT2D eigenvalue weighted by molar-refractivity contribution is 5.94. The van der Waals surface area contributed by atoms with E-state index in [2.05, 4.69) is 17.4 Å². The van der Waals surface area contributed by atoms with Crippen LogP contribution in [0, 0.1) is 5.92 Å². The maximum absolute atomic E-state index is 13.0. The zero-order valence-corrected chi connectivity index (χ0v) is 20.8. The molecule has 2 atom stereocenters. The molecule has 1 heterocycles. The van der Waals surface area contributed by atoms with Crippen LogP contribution in [0.15, 0.2) is 54.6 Å². The van der Waals surface area contributed by atoms with E-state index in [9.17, 15) is 19.5 Å². The molecule has 1 aliphatic heterocycles. The Morgan fingerprint density at radius 3 is 2.36 bits per heavy atom. The third-order valence-corrected chi connectivity index (χ3v) is 7.67. The van der Waals surface area contributed by atoms with Crippen LogP contribution in [0.2, 0.25) is 0 Å². The molecule has 36 heavy (non-hydrogen) atoms. The van der Waals surface area contributed by atoms with Crippen molar-refractivity contribution in [2.75, 3.05) is 13.1 Å². The highest BCUT2D eigenvalue weighted by Crippen LogP contribution is 2.32. The predicted molar refractivity (Wildman–Crippen MR) is 139 cm³/mol. The number of amides is 2. The number of aryl methyl sites for hydroxylation is 1. The summed E-state index contributed by atoms with van der Waals surface area (Å²) in [5.41, 5.74) is 9.07. The number of aliphatic carboxylic acids is 1. The lowest BCUT2D eigenvalue weighted by atomic mass is 9.82. The van der Waals surface area contributed by atoms with Gasteiger partial charge in [-0.05, 0) is 74.1 Å². The molecule has 1 saturated carbocycles. The summed E-state index contributed by atoms with van der Waals surface area (Å²) in [6.45, 7) is 0.860. The van der Waals surface area contributed by atoms with Crippen LogP contribution in [-0.4, -0.2) is 53.0 Å². The maximum Gasteiger partial charge on any atom is 0.304 e. The number of nitrogens with one attached hydrogen (secondary N) is 1. The molecule has 0 bridgehead atoms. The van der Waals surface area contributed by atoms with Crippen molar-refractivity contribution in [3.05, 3.63) is 71.3 Å². The number of carbonyl (C=O) groups is 3. The first-order valence-electron chi connectivity index (χ1n) is 13.1. The Morgan fingerprint density at radius 1 is 1.00 bits per heavy atom. The summed E-state index contributed by atoms with van der Waals surface area (Å²) >= 11 is 0. The van der Waals surface area contributed by atoms with Crippen molar-refractivity contribution in [3.8, 4) is 0 Å². The van der Waals surface area contributed by atoms with Gasteiger partial charge in [0, 0.05) is 30.7 Å². The Hall–Kier alpha value is -3.19. The van der Waals surface area contributed by atoms with Crippen molar-refractivity contribution in [1.82, 2.24) is 10.2 Å². The van der Waals surface area contributed by atoms with Gasteiger partial charge in [-0.3, -0.25) is 14.4 Å². The molecular formula is C29H37N3O4. The van der Waals surface area contributed by atoms with E-state index in [0.29, 0.717) is 37.0 Å². The number of hydrogen-bond acceptors (Lipinski definition) is 4. The molecular weight excluding hydrogens is 454 g/mol. The molecule has 2 aliphatic rings. The molecule has 2 aromatic carbocycles. The van der Waals surface area contributed by atoms with Gasteiger partial charge in [-0.1, -0.05) is 42.5 Å². The van der Waals surface area contributed by atoms with Gasteiger partial charge in [-0.2, -0.15) is 0 Å². The molecule has 0 radical (unpaired) electrons. The van der Waals surface area contributed by atoms with E-state index < -0.39 is 11.9 Å². The monoisotopic (exact) mass is 491 g/mol. The number of benzene rings is 2. The zero-order chi connectivity index (χ0) is 25.5. The molecule has 0 unspecified atom stereocenters. The quantitative estimate of drug-likeness (QED) is 0.469. The fourth-order valence-corrected chi connectivity index (χ4v) is 5.61. The summed E-state index contributed by atoms with van der Waals surface area (Å²) in [5.74, 6) is -1.31. The van der Waals surface area contributed by atoms with E-state index >= 15 is 0 Å². The molecule has 7 nitrogen and oxygen atoms in total. The number of carboxylic acid groups (broad SMARTS) is 1. The van der Waals surface area contributed by atoms with E-state index in [4.69, 9.17) is 5.73 Å². The summed E-state index contributed by atoms with van der Waals surface area (Å²) < 4.78 is 0. The Balaban J connectivity index is 1.33. The molecule has 192 valence electrons. The first-order chi connectivity index (χ1) is 17.4. The minimum absolute atomic E-state index is 0.124. The van der Waals surface area contributed by atoms with Gasteiger partial charge in [0.1, 0.15) is 0 Å². The van der Waals surface area contributed by atoms with Crippen molar-refractivity contribution < 1.29 is 19.5 Å². The van der Waals surface area contributed by atoms with Gasteiger partial charge in [-0.25, -0.2) is 0 Å². The SMILES string of the molecule is N[C@H]1CC[C@@H](c2ccc(C(=O)NC[C@@H]3C[C@@H](CC(=O)O)C(=O)N3CCCc3ccccc3)cc2)CC1. The first kappa shape index (κ1) is 25.9. The lowest BCUT2D eigenvalue weighted by Crippen LogP contribution is -2.42. The van der Waals surface area contributed by atoms with Gasteiger partial charge < -0.3 is 21.1 Å². The van der Waals surface area contributed by atoms with E-state index in [0.717, 1.165) is 38.5 Å². The van der Waals surface area contributed by atoms with Gasteiger partial charge in [0.25, 0.3) is 5.91 Å². The molecule has 0 aromatic heterocycles. The summed E-state index contributed by atoms with van der Waals surface area (Å²) in [4.78, 5) is 38.9. The fourth-order valence-electron chi connectivity index (χ4n) is 5.61. The van der Waals surface area contributed by atoms with Crippen LogP contribution < -0.4 is 11.1 Å². The van der Waals surface area contributed by atoms with Crippen LogP contribution in [0.4, 0.5) is 0 Å². The minimum atomic E-state index is -0.970. The van der Waals surface area contributed by atoms with Crippen molar-refractivity contribution in [1.29, 1.82) is 0 Å². The predicted octanol–water partition coefficient (Wildman–Crippen LogP) is 3.73. The molecule has 1 aliphatic carbocycles. The molecule has 2 fully saturated rings. The van der Waals surface area contributed by atoms with Crippen molar-refractivity contribution in [2.45, 2.75) is 69.4 Å². The third-order valence-electron chi connectivity index (χ3n) is 7.67. The number of nitrogens with zero attached hydrogens (tertiary/aromatic N) is 1. The Labute approximate surface area is 213 Å². The standard InChI is InChI=1S/C29H37N3O4/c30-25-14-12-22(13-15-25)21-8-10-23(11-9-21)28(35)31-19-26-17-24(18-27(33)34)29(36)32(26)16-4-7-20-5-2-1-3-6-20/h1-3,5-6,8-11,22,24-26H,4,7,12-19,30H2,(H,31,35)(H,33,34)/t22-,24-,25+,26-/m0/s1. The number of carboxylic acids is 1. The second-order valence-electron chi connectivity index (χ2n) is 10.2. The molecule has 4 rings (SSSR count). The first-order valence-corrected chi connectivity index (χ1v) is 13.1. The van der Waals surface area contributed by atoms with Gasteiger partial charge in [0.2, 0.25) is 5.91 Å². The summed E-state index contributed by atoms with van der Waals surface area (Å²) in [6, 6.07) is 18.0. The fraction of sp³-hybridized carbons (Fsp3) is 0.483. The van der Waals surface area contributed by atoms with Crippen molar-refractivity contribution >= 4 is 17.8 Å². The van der Waals surface area contributed by atoms with E-state index in [1.807, 2.05) is 42.5 Å². The third kappa shape index (κ3) is 6.72. The molecule has 1 saturated heterocycles. The normalized spacial score (nSPS) is 24.0. The van der Waals surface area contributed by atoms with Gasteiger partial charge in [0.15, 0.2) is 0 Å². The molecule has 0 spiro atoms. The smallest absolute Gasteiger partial charge is 0.304 e. The highest BCUT2D eigenvalue weighted by Gasteiger charge is 2.40. The number of rotatable bonds is 10. The van der Waals surface area contributed by atoms with Gasteiger partial charge in [0.05, 0.1) is 12.3 Å². The lowest BCUT2D eigenvalue weighted by molar-refractivity contribution is -0.142. The van der Waals surface area contributed by atoms with Crippen LogP contribution in [0.25, 0.3) is 0 Å². The van der Waals surface area contributed by atoms with Gasteiger partial charge >= 0.3 is 5.97 Å². The van der Waals surface area contributed by atoms with Crippen LogP contribution in [-0.2, 0) is 16.0 Å². The highest BCUT2D eigenvalue weighted by atomic mass is 16.4. The topological polar surface area (TPSA) is 113 Å². The number of nitrogens with two attached hydrogens (primary N) is 1. The van der Waals surface area contributed by atoms with E-state index in [-0.39, 0.29) is 24.3 Å². The summed E-state index contributed by atoms with van der Waals surface area (Å²) in [6.07, 6.45) is 6.14. The Kier molecular flexibility index (Phi) is 8.75. The second kappa shape index (κ2) is 12.2. The average molecular weight is 492 g/mol. The van der Waals surface area contributed by atoms with Crippen LogP contribution in [0.3, 0.4) is 0 Å². The zero-order valence-electron chi connectivity index (χ0n) is 20.8. The summed E-state index contributed by atoms with van der Waals surface area (Å²) in [5, 5.41) is 12.2. The van der Waals surface area contributed by atoms with Gasteiger partial charge in [-0.15, -0.1) is 0 Å². The van der Waals surface area contributed by atoms with Crippen LogP contribution >= 0.6 is 0 Å².